The van der Waals surface area contributed by atoms with Gasteiger partial charge in [0.05, 0.1) is 12.2 Å². The van der Waals surface area contributed by atoms with Crippen LogP contribution in [0.5, 0.6) is 11.5 Å². The van der Waals surface area contributed by atoms with Gasteiger partial charge in [0.15, 0.2) is 5.75 Å². The molecule has 1 amide bonds. The third-order valence-electron chi connectivity index (χ3n) is 3.43. The number of anilines is 2. The Morgan fingerprint density at radius 3 is 2.32 bits per heavy atom. The second-order valence-corrected chi connectivity index (χ2v) is 5.32. The quantitative estimate of drug-likeness (QED) is 0.688. The molecule has 0 saturated heterocycles. The number of nitrogens with one attached hydrogen (secondary N) is 2. The van der Waals surface area contributed by atoms with Crippen molar-refractivity contribution in [3.63, 3.8) is 0 Å². The Balaban J connectivity index is 1.62. The van der Waals surface area contributed by atoms with E-state index in [-0.39, 0.29) is 18.3 Å². The number of benzene rings is 3. The SMILES string of the molecule is O=C(CNc1ccc(F)cc1)Nc1ccccc1Oc1ccccc1. The molecule has 0 atom stereocenters. The average molecular weight is 336 g/mol. The molecule has 0 saturated carbocycles. The molecule has 0 bridgehead atoms. The molecule has 3 aromatic carbocycles. The van der Waals surface area contributed by atoms with E-state index in [1.807, 2.05) is 42.5 Å². The molecule has 5 heteroatoms. The van der Waals surface area contributed by atoms with E-state index < -0.39 is 0 Å². The summed E-state index contributed by atoms with van der Waals surface area (Å²) in [6.07, 6.45) is 0. The molecule has 2 N–H and O–H groups in total. The van der Waals surface area contributed by atoms with Gasteiger partial charge in [-0.3, -0.25) is 4.79 Å². The van der Waals surface area contributed by atoms with Crippen molar-refractivity contribution >= 4 is 17.3 Å². The van der Waals surface area contributed by atoms with E-state index in [1.54, 1.807) is 24.3 Å². The zero-order valence-electron chi connectivity index (χ0n) is 13.4. The summed E-state index contributed by atoms with van der Waals surface area (Å²) >= 11 is 0. The smallest absolute Gasteiger partial charge is 0.243 e. The zero-order valence-corrected chi connectivity index (χ0v) is 13.4. The molecule has 0 aromatic heterocycles. The van der Waals surface area contributed by atoms with Crippen LogP contribution in [0.25, 0.3) is 0 Å². The Labute approximate surface area is 145 Å². The van der Waals surface area contributed by atoms with Crippen molar-refractivity contribution in [2.45, 2.75) is 0 Å². The van der Waals surface area contributed by atoms with Gasteiger partial charge in [-0.05, 0) is 48.5 Å². The second kappa shape index (κ2) is 7.97. The highest BCUT2D eigenvalue weighted by molar-refractivity contribution is 5.95. The van der Waals surface area contributed by atoms with Crippen molar-refractivity contribution < 1.29 is 13.9 Å². The molecule has 3 aromatic rings. The van der Waals surface area contributed by atoms with Gasteiger partial charge in [0, 0.05) is 5.69 Å². The number of ether oxygens (including phenoxy) is 1. The number of para-hydroxylation sites is 3. The Bertz CT molecular complexity index is 836. The minimum absolute atomic E-state index is 0.0608. The highest BCUT2D eigenvalue weighted by Gasteiger charge is 2.08. The molecule has 25 heavy (non-hydrogen) atoms. The highest BCUT2D eigenvalue weighted by atomic mass is 19.1. The van der Waals surface area contributed by atoms with Gasteiger partial charge in [-0.1, -0.05) is 30.3 Å². The summed E-state index contributed by atoms with van der Waals surface area (Å²) in [5.74, 6) is 0.702. The van der Waals surface area contributed by atoms with Crippen molar-refractivity contribution in [1.29, 1.82) is 0 Å². The largest absolute Gasteiger partial charge is 0.455 e. The number of carbonyl (C=O) groups excluding carboxylic acids is 1. The Hall–Kier alpha value is -3.34. The van der Waals surface area contributed by atoms with Crippen LogP contribution >= 0.6 is 0 Å². The van der Waals surface area contributed by atoms with Crippen molar-refractivity contribution in [1.82, 2.24) is 0 Å². The fourth-order valence-corrected chi connectivity index (χ4v) is 2.22. The lowest BCUT2D eigenvalue weighted by molar-refractivity contribution is -0.114. The van der Waals surface area contributed by atoms with Gasteiger partial charge in [0.2, 0.25) is 5.91 Å². The van der Waals surface area contributed by atoms with Crippen LogP contribution in [0.3, 0.4) is 0 Å². The van der Waals surface area contributed by atoms with Crippen LogP contribution in [0.2, 0.25) is 0 Å². The van der Waals surface area contributed by atoms with Crippen LogP contribution in [0.15, 0.2) is 78.9 Å². The van der Waals surface area contributed by atoms with Crippen molar-refractivity contribution in [3.8, 4) is 11.5 Å². The molecule has 3 rings (SSSR count). The Kier molecular flexibility index (Phi) is 5.26. The van der Waals surface area contributed by atoms with E-state index in [0.29, 0.717) is 22.9 Å². The number of hydrogen-bond donors (Lipinski definition) is 2. The van der Waals surface area contributed by atoms with E-state index >= 15 is 0 Å². The fourth-order valence-electron chi connectivity index (χ4n) is 2.22. The Morgan fingerprint density at radius 1 is 0.880 bits per heavy atom. The summed E-state index contributed by atoms with van der Waals surface area (Å²) in [6.45, 7) is 0.0608. The van der Waals surface area contributed by atoms with Crippen molar-refractivity contribution in [3.05, 3.63) is 84.7 Å². The molecule has 0 radical (unpaired) electrons. The molecular formula is C20H17FN2O2. The van der Waals surface area contributed by atoms with Crippen molar-refractivity contribution in [2.75, 3.05) is 17.2 Å². The lowest BCUT2D eigenvalue weighted by atomic mass is 10.2. The summed E-state index contributed by atoms with van der Waals surface area (Å²) in [5.41, 5.74) is 1.25. The van der Waals surface area contributed by atoms with Gasteiger partial charge in [-0.2, -0.15) is 0 Å². The van der Waals surface area contributed by atoms with E-state index in [4.69, 9.17) is 4.74 Å². The molecule has 0 fully saturated rings. The van der Waals surface area contributed by atoms with Crippen LogP contribution in [0, 0.1) is 5.82 Å². The van der Waals surface area contributed by atoms with Gasteiger partial charge >= 0.3 is 0 Å². The maximum absolute atomic E-state index is 12.9. The van der Waals surface area contributed by atoms with Crippen LogP contribution in [-0.4, -0.2) is 12.5 Å². The van der Waals surface area contributed by atoms with E-state index in [9.17, 15) is 9.18 Å². The first-order valence-corrected chi connectivity index (χ1v) is 7.82. The summed E-state index contributed by atoms with van der Waals surface area (Å²) < 4.78 is 18.7. The summed E-state index contributed by atoms with van der Waals surface area (Å²) in [7, 11) is 0. The van der Waals surface area contributed by atoms with Crippen LogP contribution in [0.1, 0.15) is 0 Å². The lowest BCUT2D eigenvalue weighted by Crippen LogP contribution is -2.22. The topological polar surface area (TPSA) is 50.4 Å². The van der Waals surface area contributed by atoms with Crippen LogP contribution in [-0.2, 0) is 4.79 Å². The fraction of sp³-hybridized carbons (Fsp3) is 0.0500. The van der Waals surface area contributed by atoms with Gasteiger partial charge in [-0.15, -0.1) is 0 Å². The number of carbonyl (C=O) groups is 1. The minimum Gasteiger partial charge on any atom is -0.455 e. The molecule has 0 aliphatic heterocycles. The molecule has 126 valence electrons. The van der Waals surface area contributed by atoms with E-state index in [1.165, 1.54) is 12.1 Å². The molecule has 0 aliphatic carbocycles. The molecule has 0 aliphatic rings. The maximum Gasteiger partial charge on any atom is 0.243 e. The molecule has 0 unspecified atom stereocenters. The van der Waals surface area contributed by atoms with Crippen LogP contribution < -0.4 is 15.4 Å². The summed E-state index contributed by atoms with van der Waals surface area (Å²) in [6, 6.07) is 22.4. The third kappa shape index (κ3) is 4.81. The summed E-state index contributed by atoms with van der Waals surface area (Å²) in [4.78, 5) is 12.2. The predicted octanol–water partition coefficient (Wildman–Crippen LogP) is 4.67. The monoisotopic (exact) mass is 336 g/mol. The molecule has 0 spiro atoms. The number of amides is 1. The van der Waals surface area contributed by atoms with Crippen LogP contribution in [0.4, 0.5) is 15.8 Å². The predicted molar refractivity (Wildman–Crippen MR) is 96.5 cm³/mol. The van der Waals surface area contributed by atoms with E-state index in [0.717, 1.165) is 0 Å². The lowest BCUT2D eigenvalue weighted by Gasteiger charge is -2.13. The first kappa shape index (κ1) is 16.5. The standard InChI is InChI=1S/C20H17FN2O2/c21-15-10-12-16(13-11-15)22-14-20(24)23-18-8-4-5-9-19(18)25-17-6-2-1-3-7-17/h1-13,22H,14H2,(H,23,24). The van der Waals surface area contributed by atoms with Gasteiger partial charge in [0.1, 0.15) is 11.6 Å². The van der Waals surface area contributed by atoms with Gasteiger partial charge in [0.25, 0.3) is 0 Å². The summed E-state index contributed by atoms with van der Waals surface area (Å²) in [5, 5.41) is 5.75. The maximum atomic E-state index is 12.9. The minimum atomic E-state index is -0.318. The first-order chi connectivity index (χ1) is 12.2. The van der Waals surface area contributed by atoms with Gasteiger partial charge < -0.3 is 15.4 Å². The zero-order chi connectivity index (χ0) is 17.5. The molecule has 0 heterocycles. The number of hydrogen-bond acceptors (Lipinski definition) is 3. The normalized spacial score (nSPS) is 10.1. The molecular weight excluding hydrogens is 319 g/mol. The number of rotatable bonds is 6. The average Bonchev–Trinajstić information content (AvgIpc) is 2.64. The number of halogens is 1. The highest BCUT2D eigenvalue weighted by Crippen LogP contribution is 2.28. The van der Waals surface area contributed by atoms with Crippen molar-refractivity contribution in [2.24, 2.45) is 0 Å². The second-order valence-electron chi connectivity index (χ2n) is 5.32. The van der Waals surface area contributed by atoms with Gasteiger partial charge in [-0.25, -0.2) is 4.39 Å². The molecule has 4 nitrogen and oxygen atoms in total. The Morgan fingerprint density at radius 2 is 1.56 bits per heavy atom. The first-order valence-electron chi connectivity index (χ1n) is 7.82. The third-order valence-corrected chi connectivity index (χ3v) is 3.43. The van der Waals surface area contributed by atoms with E-state index in [2.05, 4.69) is 10.6 Å².